The number of halogens is 1. The number of aliphatic hydroxyl groups excluding tert-OH is 1. The van der Waals surface area contributed by atoms with Crippen LogP contribution in [0, 0.1) is 11.2 Å². The third-order valence-electron chi connectivity index (χ3n) is 5.95. The third-order valence-corrected chi connectivity index (χ3v) is 5.95. The lowest BCUT2D eigenvalue weighted by Gasteiger charge is -2.35. The standard InChI is InChI=1S/C28H36FN3O6/c1-27(2,3)23(30-26(36)37-28(4,5)6)25(35)32-16-18(33)15-22(32)24(34)31-38-19-13-11-17(12-14-19)20-9-7-8-10-21(20)29/h7-14,18,22-23,33H,15-16H2,1-6H3,(H,30,36)(H,31,34)/t18-,22+,23?/m1/s1. The quantitative estimate of drug-likeness (QED) is 0.490. The van der Waals surface area contributed by atoms with Gasteiger partial charge in [-0.25, -0.2) is 9.18 Å². The van der Waals surface area contributed by atoms with Gasteiger partial charge in [-0.2, -0.15) is 5.48 Å². The van der Waals surface area contributed by atoms with E-state index >= 15 is 0 Å². The number of amides is 3. The summed E-state index contributed by atoms with van der Waals surface area (Å²) in [6.07, 6.45) is -1.67. The maximum Gasteiger partial charge on any atom is 0.408 e. The van der Waals surface area contributed by atoms with Crippen molar-refractivity contribution in [2.45, 2.75) is 71.8 Å². The molecular formula is C28H36FN3O6. The zero-order chi connectivity index (χ0) is 28.3. The molecule has 0 aliphatic carbocycles. The van der Waals surface area contributed by atoms with Gasteiger partial charge in [0, 0.05) is 18.5 Å². The number of β-amino-alcohol motifs (C(OH)–C–C–N with tert-alkyl or cyclic N) is 1. The second kappa shape index (κ2) is 11.4. The molecule has 0 radical (unpaired) electrons. The monoisotopic (exact) mass is 529 g/mol. The lowest BCUT2D eigenvalue weighted by Crippen LogP contribution is -2.58. The van der Waals surface area contributed by atoms with E-state index in [1.807, 2.05) is 0 Å². The van der Waals surface area contributed by atoms with Crippen LogP contribution in [0.4, 0.5) is 9.18 Å². The van der Waals surface area contributed by atoms with E-state index in [0.717, 1.165) is 0 Å². The highest BCUT2D eigenvalue weighted by atomic mass is 19.1. The molecule has 3 atom stereocenters. The molecule has 1 aliphatic rings. The van der Waals surface area contributed by atoms with Crippen LogP contribution in [0.5, 0.6) is 5.75 Å². The van der Waals surface area contributed by atoms with Crippen LogP contribution in [-0.4, -0.2) is 58.2 Å². The highest BCUT2D eigenvalue weighted by molar-refractivity contribution is 5.92. The average Bonchev–Trinajstić information content (AvgIpc) is 3.21. The molecule has 0 aromatic heterocycles. The molecule has 2 aromatic rings. The van der Waals surface area contributed by atoms with Gasteiger partial charge in [-0.3, -0.25) is 9.59 Å². The first kappa shape index (κ1) is 28.9. The fourth-order valence-corrected chi connectivity index (χ4v) is 4.12. The second-order valence-electron chi connectivity index (χ2n) is 11.4. The van der Waals surface area contributed by atoms with Gasteiger partial charge in [0.25, 0.3) is 5.91 Å². The number of carbonyl (C=O) groups excluding carboxylic acids is 3. The summed E-state index contributed by atoms with van der Waals surface area (Å²) in [6, 6.07) is 10.8. The van der Waals surface area contributed by atoms with Crippen LogP contribution in [0.1, 0.15) is 48.0 Å². The molecule has 1 heterocycles. The Bertz CT molecular complexity index is 1160. The molecule has 1 fully saturated rings. The molecule has 38 heavy (non-hydrogen) atoms. The van der Waals surface area contributed by atoms with Crippen LogP contribution < -0.4 is 15.6 Å². The van der Waals surface area contributed by atoms with Crippen molar-refractivity contribution >= 4 is 17.9 Å². The van der Waals surface area contributed by atoms with E-state index in [1.165, 1.54) is 11.0 Å². The summed E-state index contributed by atoms with van der Waals surface area (Å²) in [5, 5.41) is 12.9. The van der Waals surface area contributed by atoms with Gasteiger partial charge < -0.3 is 24.9 Å². The molecule has 1 saturated heterocycles. The minimum Gasteiger partial charge on any atom is -0.444 e. The number of rotatable bonds is 6. The largest absolute Gasteiger partial charge is 0.444 e. The van der Waals surface area contributed by atoms with Crippen LogP contribution in [0.2, 0.25) is 0 Å². The number of likely N-dealkylation sites (tertiary alicyclic amines) is 1. The summed E-state index contributed by atoms with van der Waals surface area (Å²) in [4.78, 5) is 45.6. The van der Waals surface area contributed by atoms with Gasteiger partial charge in [0.2, 0.25) is 5.91 Å². The molecule has 3 N–H and O–H groups in total. The molecule has 206 valence electrons. The van der Waals surface area contributed by atoms with Crippen molar-refractivity contribution in [2.75, 3.05) is 6.54 Å². The summed E-state index contributed by atoms with van der Waals surface area (Å²) in [5.74, 6) is -1.20. The molecule has 2 aromatic carbocycles. The Balaban J connectivity index is 1.68. The molecule has 0 bridgehead atoms. The van der Waals surface area contributed by atoms with E-state index in [1.54, 1.807) is 84.0 Å². The van der Waals surface area contributed by atoms with E-state index in [4.69, 9.17) is 9.57 Å². The Kier molecular flexibility index (Phi) is 8.66. The predicted molar refractivity (Wildman–Crippen MR) is 139 cm³/mol. The molecule has 0 saturated carbocycles. The van der Waals surface area contributed by atoms with Gasteiger partial charge in [-0.1, -0.05) is 51.1 Å². The topological polar surface area (TPSA) is 117 Å². The first-order valence-electron chi connectivity index (χ1n) is 12.5. The van der Waals surface area contributed by atoms with Crippen LogP contribution >= 0.6 is 0 Å². The number of carbonyl (C=O) groups is 3. The number of alkyl carbamates (subject to hydrolysis) is 1. The minimum atomic E-state index is -1.01. The van der Waals surface area contributed by atoms with Crippen LogP contribution in [0.3, 0.4) is 0 Å². The number of hydrogen-bond acceptors (Lipinski definition) is 6. The summed E-state index contributed by atoms with van der Waals surface area (Å²) < 4.78 is 19.3. The first-order valence-corrected chi connectivity index (χ1v) is 12.5. The summed E-state index contributed by atoms with van der Waals surface area (Å²) >= 11 is 0. The smallest absolute Gasteiger partial charge is 0.408 e. The van der Waals surface area contributed by atoms with Crippen molar-refractivity contribution in [3.63, 3.8) is 0 Å². The summed E-state index contributed by atoms with van der Waals surface area (Å²) in [7, 11) is 0. The van der Waals surface area contributed by atoms with Gasteiger partial charge in [0.15, 0.2) is 5.75 Å². The van der Waals surface area contributed by atoms with E-state index in [2.05, 4.69) is 10.8 Å². The second-order valence-corrected chi connectivity index (χ2v) is 11.4. The number of aliphatic hydroxyl groups is 1. The lowest BCUT2D eigenvalue weighted by atomic mass is 9.85. The average molecular weight is 530 g/mol. The zero-order valence-corrected chi connectivity index (χ0v) is 22.6. The Labute approximate surface area is 222 Å². The van der Waals surface area contributed by atoms with E-state index < -0.39 is 47.1 Å². The van der Waals surface area contributed by atoms with Gasteiger partial charge in [0.05, 0.1) is 6.10 Å². The molecule has 10 heteroatoms. The summed E-state index contributed by atoms with van der Waals surface area (Å²) in [6.45, 7) is 10.4. The lowest BCUT2D eigenvalue weighted by molar-refractivity contribution is -0.144. The fourth-order valence-electron chi connectivity index (χ4n) is 4.12. The van der Waals surface area contributed by atoms with Crippen molar-refractivity contribution in [1.29, 1.82) is 0 Å². The molecule has 9 nitrogen and oxygen atoms in total. The van der Waals surface area contributed by atoms with Crippen molar-refractivity contribution in [1.82, 2.24) is 15.7 Å². The van der Waals surface area contributed by atoms with Gasteiger partial charge >= 0.3 is 6.09 Å². The van der Waals surface area contributed by atoms with Crippen molar-refractivity contribution in [3.05, 3.63) is 54.3 Å². The normalized spacial score (nSPS) is 18.5. The minimum absolute atomic E-state index is 0.0104. The Morgan fingerprint density at radius 3 is 2.24 bits per heavy atom. The fraction of sp³-hybridized carbons (Fsp3) is 0.464. The van der Waals surface area contributed by atoms with Crippen molar-refractivity contribution in [3.8, 4) is 16.9 Å². The van der Waals surface area contributed by atoms with Gasteiger partial charge in [-0.05, 0) is 49.9 Å². The van der Waals surface area contributed by atoms with Crippen LogP contribution in [0.15, 0.2) is 48.5 Å². The summed E-state index contributed by atoms with van der Waals surface area (Å²) in [5.41, 5.74) is 1.95. The Morgan fingerprint density at radius 2 is 1.66 bits per heavy atom. The Morgan fingerprint density at radius 1 is 1.03 bits per heavy atom. The van der Waals surface area contributed by atoms with Crippen LogP contribution in [0.25, 0.3) is 11.1 Å². The Hall–Kier alpha value is -3.66. The van der Waals surface area contributed by atoms with Crippen molar-refractivity contribution < 1.29 is 33.5 Å². The number of nitrogens with zero attached hydrogens (tertiary/aromatic N) is 1. The first-order chi connectivity index (χ1) is 17.7. The number of benzene rings is 2. The molecule has 3 rings (SSSR count). The zero-order valence-electron chi connectivity index (χ0n) is 22.6. The van der Waals surface area contributed by atoms with Gasteiger partial charge in [-0.15, -0.1) is 0 Å². The highest BCUT2D eigenvalue weighted by Crippen LogP contribution is 2.27. The highest BCUT2D eigenvalue weighted by Gasteiger charge is 2.45. The third kappa shape index (κ3) is 7.44. The number of nitrogens with one attached hydrogen (secondary N) is 2. The maximum atomic E-state index is 14.0. The number of ether oxygens (including phenoxy) is 1. The predicted octanol–water partition coefficient (Wildman–Crippen LogP) is 3.80. The van der Waals surface area contributed by atoms with E-state index in [0.29, 0.717) is 16.9 Å². The van der Waals surface area contributed by atoms with E-state index in [9.17, 15) is 23.9 Å². The van der Waals surface area contributed by atoms with Gasteiger partial charge in [0.1, 0.15) is 23.5 Å². The van der Waals surface area contributed by atoms with Crippen molar-refractivity contribution in [2.24, 2.45) is 5.41 Å². The number of hydroxylamine groups is 1. The number of hydrogen-bond donors (Lipinski definition) is 3. The SMILES string of the molecule is CC(C)(C)OC(=O)NC(C(=O)N1C[C@H](O)C[C@H]1C(=O)NOc1ccc(-c2ccccc2F)cc1)C(C)(C)C. The molecule has 1 unspecified atom stereocenters. The maximum absolute atomic E-state index is 14.0. The molecule has 0 spiro atoms. The molecular weight excluding hydrogens is 493 g/mol. The van der Waals surface area contributed by atoms with Crippen LogP contribution in [-0.2, 0) is 14.3 Å². The molecule has 3 amide bonds. The molecule has 1 aliphatic heterocycles. The van der Waals surface area contributed by atoms with E-state index in [-0.39, 0.29) is 18.8 Å².